The molecular formula is C15H17N3O3. The Morgan fingerprint density at radius 1 is 1.43 bits per heavy atom. The van der Waals surface area contributed by atoms with Gasteiger partial charge in [0.05, 0.1) is 15.8 Å². The molecule has 0 radical (unpaired) electrons. The average molecular weight is 287 g/mol. The Morgan fingerprint density at radius 3 is 3.05 bits per heavy atom. The third-order valence-electron chi connectivity index (χ3n) is 3.94. The summed E-state index contributed by atoms with van der Waals surface area (Å²) in [5, 5.41) is 15.2. The number of fused-ring (bicyclic) bond motifs is 1. The van der Waals surface area contributed by atoms with Gasteiger partial charge in [-0.1, -0.05) is 6.92 Å². The van der Waals surface area contributed by atoms with E-state index in [0.29, 0.717) is 29.1 Å². The highest BCUT2D eigenvalue weighted by atomic mass is 16.6. The second-order valence-electron chi connectivity index (χ2n) is 5.37. The second kappa shape index (κ2) is 5.65. The van der Waals surface area contributed by atoms with Crippen LogP contribution in [0.15, 0.2) is 30.5 Å². The van der Waals surface area contributed by atoms with Crippen LogP contribution in [0.3, 0.4) is 0 Å². The van der Waals surface area contributed by atoms with Gasteiger partial charge in [-0.2, -0.15) is 0 Å². The molecule has 1 aromatic heterocycles. The first kappa shape index (κ1) is 13.8. The third-order valence-corrected chi connectivity index (χ3v) is 3.94. The van der Waals surface area contributed by atoms with Crippen molar-refractivity contribution in [3.05, 3.63) is 40.6 Å². The van der Waals surface area contributed by atoms with Gasteiger partial charge < -0.3 is 10.1 Å². The third kappa shape index (κ3) is 2.67. The van der Waals surface area contributed by atoms with Crippen molar-refractivity contribution in [1.82, 2.24) is 10.3 Å². The zero-order valence-corrected chi connectivity index (χ0v) is 11.8. The molecule has 3 rings (SSSR count). The molecular weight excluding hydrogens is 270 g/mol. The largest absolute Gasteiger partial charge is 0.482 e. The molecule has 0 spiro atoms. The summed E-state index contributed by atoms with van der Waals surface area (Å²) in [4.78, 5) is 15.2. The Labute approximate surface area is 122 Å². The number of nitrogens with zero attached hydrogens (tertiary/aromatic N) is 2. The van der Waals surface area contributed by atoms with Crippen molar-refractivity contribution in [1.29, 1.82) is 0 Å². The van der Waals surface area contributed by atoms with Crippen molar-refractivity contribution < 1.29 is 9.66 Å². The first-order chi connectivity index (χ1) is 10.2. The molecule has 1 aromatic carbocycles. The van der Waals surface area contributed by atoms with E-state index >= 15 is 0 Å². The molecule has 1 aliphatic heterocycles. The smallest absolute Gasteiger partial charge is 0.320 e. The molecule has 2 aromatic rings. The number of piperidine rings is 1. The number of ether oxygens (including phenoxy) is 1. The van der Waals surface area contributed by atoms with E-state index in [2.05, 4.69) is 17.2 Å². The van der Waals surface area contributed by atoms with Crippen LogP contribution in [-0.2, 0) is 0 Å². The van der Waals surface area contributed by atoms with E-state index < -0.39 is 0 Å². The number of benzene rings is 1. The monoisotopic (exact) mass is 287 g/mol. The van der Waals surface area contributed by atoms with Crippen LogP contribution in [0.2, 0.25) is 0 Å². The minimum Gasteiger partial charge on any atom is -0.482 e. The molecule has 2 atom stereocenters. The summed E-state index contributed by atoms with van der Waals surface area (Å²) in [6, 6.07) is 6.81. The molecule has 1 saturated heterocycles. The van der Waals surface area contributed by atoms with Gasteiger partial charge in [-0.15, -0.1) is 0 Å². The minimum atomic E-state index is -0.389. The second-order valence-corrected chi connectivity index (χ2v) is 5.37. The summed E-state index contributed by atoms with van der Waals surface area (Å²) in [6.07, 6.45) is 2.58. The van der Waals surface area contributed by atoms with Crippen LogP contribution in [0, 0.1) is 16.0 Å². The first-order valence-electron chi connectivity index (χ1n) is 7.06. The fourth-order valence-electron chi connectivity index (χ4n) is 2.68. The van der Waals surface area contributed by atoms with E-state index in [1.165, 1.54) is 0 Å². The molecule has 6 nitrogen and oxygen atoms in total. The number of hydrogen-bond acceptors (Lipinski definition) is 5. The molecule has 2 heterocycles. The molecule has 0 saturated carbocycles. The van der Waals surface area contributed by atoms with Gasteiger partial charge in [-0.25, -0.2) is 0 Å². The van der Waals surface area contributed by atoms with Crippen LogP contribution in [0.5, 0.6) is 5.75 Å². The van der Waals surface area contributed by atoms with E-state index in [-0.39, 0.29) is 16.7 Å². The topological polar surface area (TPSA) is 77.3 Å². The number of nitro groups is 1. The fraction of sp³-hybridized carbons (Fsp3) is 0.400. The molecule has 0 aliphatic carbocycles. The lowest BCUT2D eigenvalue weighted by atomic mass is 9.97. The molecule has 0 bridgehead atoms. The summed E-state index contributed by atoms with van der Waals surface area (Å²) in [5.74, 6) is 0.691. The number of aromatic nitrogens is 1. The van der Waals surface area contributed by atoms with Gasteiger partial charge in [-0.05, 0) is 43.1 Å². The molecule has 2 unspecified atom stereocenters. The molecule has 1 fully saturated rings. The van der Waals surface area contributed by atoms with Crippen molar-refractivity contribution >= 4 is 16.6 Å². The number of nitro benzene ring substituents is 1. The van der Waals surface area contributed by atoms with Crippen LogP contribution in [-0.4, -0.2) is 29.1 Å². The maximum Gasteiger partial charge on any atom is 0.320 e. The maximum atomic E-state index is 11.4. The summed E-state index contributed by atoms with van der Waals surface area (Å²) in [7, 11) is 0. The van der Waals surface area contributed by atoms with Gasteiger partial charge in [0.15, 0.2) is 5.75 Å². The Balaban J connectivity index is 2.01. The first-order valence-corrected chi connectivity index (χ1v) is 7.06. The van der Waals surface area contributed by atoms with Crippen LogP contribution in [0.25, 0.3) is 10.9 Å². The van der Waals surface area contributed by atoms with Gasteiger partial charge in [0.2, 0.25) is 0 Å². The maximum absolute atomic E-state index is 11.4. The minimum absolute atomic E-state index is 0.00151. The van der Waals surface area contributed by atoms with E-state index in [4.69, 9.17) is 4.74 Å². The molecule has 1 aliphatic rings. The van der Waals surface area contributed by atoms with Crippen molar-refractivity contribution in [2.75, 3.05) is 13.1 Å². The van der Waals surface area contributed by atoms with Gasteiger partial charge in [0.1, 0.15) is 6.10 Å². The van der Waals surface area contributed by atoms with Crippen LogP contribution in [0.1, 0.15) is 13.3 Å². The number of rotatable bonds is 3. The van der Waals surface area contributed by atoms with Gasteiger partial charge in [0.25, 0.3) is 0 Å². The van der Waals surface area contributed by atoms with E-state index in [9.17, 15) is 10.1 Å². The van der Waals surface area contributed by atoms with Crippen LogP contribution in [0.4, 0.5) is 5.69 Å². The number of nitrogens with one attached hydrogen (secondary N) is 1. The lowest BCUT2D eigenvalue weighted by Gasteiger charge is -2.29. The van der Waals surface area contributed by atoms with E-state index in [1.807, 2.05) is 0 Å². The summed E-state index contributed by atoms with van der Waals surface area (Å²) in [6.45, 7) is 3.79. The van der Waals surface area contributed by atoms with Gasteiger partial charge in [0, 0.05) is 12.7 Å². The van der Waals surface area contributed by atoms with Crippen LogP contribution >= 0.6 is 0 Å². The summed E-state index contributed by atoms with van der Waals surface area (Å²) in [5.41, 5.74) is 0.602. The average Bonchev–Trinajstić information content (AvgIpc) is 2.49. The number of hydrogen-bond donors (Lipinski definition) is 1. The SMILES string of the molecule is CC1CCNCC1Oc1ccc2ncccc2c1[N+](=O)[O-]. The lowest BCUT2D eigenvalue weighted by Crippen LogP contribution is -2.42. The molecule has 6 heteroatoms. The highest BCUT2D eigenvalue weighted by Gasteiger charge is 2.27. The Morgan fingerprint density at radius 2 is 2.29 bits per heavy atom. The van der Waals surface area contributed by atoms with E-state index in [0.717, 1.165) is 13.0 Å². The molecule has 110 valence electrons. The van der Waals surface area contributed by atoms with E-state index in [1.54, 1.807) is 30.5 Å². The standard InChI is InChI=1S/C15H17N3O3/c1-10-6-8-16-9-14(10)21-13-5-4-12-11(3-2-7-17-12)15(13)18(19)20/h2-5,7,10,14,16H,6,8-9H2,1H3. The molecule has 1 N–H and O–H groups in total. The highest BCUT2D eigenvalue weighted by molar-refractivity contribution is 5.90. The lowest BCUT2D eigenvalue weighted by molar-refractivity contribution is -0.384. The predicted molar refractivity (Wildman–Crippen MR) is 79.5 cm³/mol. The normalized spacial score (nSPS) is 22.1. The number of pyridine rings is 1. The van der Waals surface area contributed by atoms with Crippen molar-refractivity contribution in [2.24, 2.45) is 5.92 Å². The Kier molecular flexibility index (Phi) is 3.70. The summed E-state index contributed by atoms with van der Waals surface area (Å²) < 4.78 is 5.94. The Bertz CT molecular complexity index is 674. The fourth-order valence-corrected chi connectivity index (χ4v) is 2.68. The quantitative estimate of drug-likeness (QED) is 0.693. The zero-order valence-electron chi connectivity index (χ0n) is 11.8. The van der Waals surface area contributed by atoms with Gasteiger partial charge >= 0.3 is 5.69 Å². The van der Waals surface area contributed by atoms with Crippen molar-refractivity contribution in [2.45, 2.75) is 19.4 Å². The van der Waals surface area contributed by atoms with Crippen LogP contribution < -0.4 is 10.1 Å². The van der Waals surface area contributed by atoms with Crippen molar-refractivity contribution in [3.63, 3.8) is 0 Å². The summed E-state index contributed by atoms with van der Waals surface area (Å²) >= 11 is 0. The Hall–Kier alpha value is -2.21. The molecule has 0 amide bonds. The zero-order chi connectivity index (χ0) is 14.8. The predicted octanol–water partition coefficient (Wildman–Crippen LogP) is 2.52. The van der Waals surface area contributed by atoms with Crippen molar-refractivity contribution in [3.8, 4) is 5.75 Å². The molecule has 21 heavy (non-hydrogen) atoms. The highest BCUT2D eigenvalue weighted by Crippen LogP contribution is 2.35. The van der Waals surface area contributed by atoms with Gasteiger partial charge in [-0.3, -0.25) is 15.1 Å².